The van der Waals surface area contributed by atoms with E-state index < -0.39 is 29.4 Å². The molecule has 4 aromatic rings. The van der Waals surface area contributed by atoms with E-state index in [1.165, 1.54) is 17.7 Å². The lowest BCUT2D eigenvalue weighted by atomic mass is 10.1. The number of nitrogens with zero attached hydrogens (tertiary/aromatic N) is 7. The Hall–Kier alpha value is -3.63. The maximum atomic E-state index is 14.8. The highest BCUT2D eigenvalue weighted by molar-refractivity contribution is 7.00. The van der Waals surface area contributed by atoms with E-state index in [0.29, 0.717) is 19.0 Å². The van der Waals surface area contributed by atoms with E-state index in [2.05, 4.69) is 25.6 Å². The number of piperidine rings is 1. The summed E-state index contributed by atoms with van der Waals surface area (Å²) in [6, 6.07) is 1.26. The second-order valence-electron chi connectivity index (χ2n) is 8.47. The molecule has 1 fully saturated rings. The second-order valence-corrected chi connectivity index (χ2v) is 9.00. The standard InChI is InChI=1S/C22H22F2N8O2S/c1-3-4-8-31-18-19(26-21(31)30-7-5-6-13(25)11-30)29(2)22(34)32(20(18)33)10-12-9-14-17(28-35-27-14)16(24)15(12)23/h9,13H,5-8,10-11,25H2,1-2H3/t13-/m1/s1. The molecule has 13 heteroatoms. The van der Waals surface area contributed by atoms with E-state index in [1.54, 1.807) is 11.5 Å². The van der Waals surface area contributed by atoms with Crippen LogP contribution in [0.1, 0.15) is 25.3 Å². The van der Waals surface area contributed by atoms with Crippen LogP contribution >= 0.6 is 11.7 Å². The molecule has 0 aliphatic carbocycles. The van der Waals surface area contributed by atoms with Gasteiger partial charge >= 0.3 is 5.69 Å². The van der Waals surface area contributed by atoms with Gasteiger partial charge in [-0.1, -0.05) is 5.92 Å². The lowest BCUT2D eigenvalue weighted by Gasteiger charge is -2.31. The minimum absolute atomic E-state index is 0.0391. The number of hydrogen-bond donors (Lipinski definition) is 1. The molecule has 0 radical (unpaired) electrons. The van der Waals surface area contributed by atoms with Crippen molar-refractivity contribution in [3.8, 4) is 11.8 Å². The van der Waals surface area contributed by atoms with Gasteiger partial charge in [-0.05, 0) is 25.8 Å². The molecule has 1 aliphatic rings. The minimum atomic E-state index is -1.17. The first-order valence-electron chi connectivity index (χ1n) is 11.0. The lowest BCUT2D eigenvalue weighted by molar-refractivity contribution is 0.496. The van der Waals surface area contributed by atoms with E-state index >= 15 is 0 Å². The average Bonchev–Trinajstić information content (AvgIpc) is 3.47. The third-order valence-electron chi connectivity index (χ3n) is 6.20. The molecule has 35 heavy (non-hydrogen) atoms. The van der Waals surface area contributed by atoms with Crippen LogP contribution < -0.4 is 21.9 Å². The first-order chi connectivity index (χ1) is 16.8. The summed E-state index contributed by atoms with van der Waals surface area (Å²) in [6.45, 7) is 2.62. The number of nitrogens with two attached hydrogens (primary N) is 1. The number of aryl methyl sites for hydroxylation is 1. The Bertz CT molecular complexity index is 1640. The molecule has 3 aromatic heterocycles. The van der Waals surface area contributed by atoms with Crippen molar-refractivity contribution in [2.45, 2.75) is 38.9 Å². The van der Waals surface area contributed by atoms with Crippen LogP contribution in [0.15, 0.2) is 15.7 Å². The van der Waals surface area contributed by atoms with Gasteiger partial charge in [0.05, 0.1) is 24.8 Å². The molecule has 2 N–H and O–H groups in total. The van der Waals surface area contributed by atoms with Gasteiger partial charge in [0.25, 0.3) is 5.56 Å². The highest BCUT2D eigenvalue weighted by atomic mass is 32.1. The Kier molecular flexibility index (Phi) is 5.86. The topological polar surface area (TPSA) is 117 Å². The van der Waals surface area contributed by atoms with E-state index in [9.17, 15) is 18.4 Å². The molecule has 0 bridgehead atoms. The van der Waals surface area contributed by atoms with Gasteiger partial charge in [-0.15, -0.1) is 5.92 Å². The van der Waals surface area contributed by atoms with Gasteiger partial charge < -0.3 is 10.6 Å². The molecule has 0 unspecified atom stereocenters. The lowest BCUT2D eigenvalue weighted by Crippen LogP contribution is -2.44. The average molecular weight is 501 g/mol. The number of benzene rings is 1. The largest absolute Gasteiger partial charge is 0.341 e. The molecule has 1 aliphatic heterocycles. The fourth-order valence-corrected chi connectivity index (χ4v) is 4.96. The van der Waals surface area contributed by atoms with Gasteiger partial charge in [0.15, 0.2) is 22.8 Å². The Morgan fingerprint density at radius 2 is 2.03 bits per heavy atom. The van der Waals surface area contributed by atoms with Crippen molar-refractivity contribution in [1.82, 2.24) is 27.4 Å². The van der Waals surface area contributed by atoms with Gasteiger partial charge in [-0.2, -0.15) is 13.7 Å². The second kappa shape index (κ2) is 8.86. The predicted octanol–water partition coefficient (Wildman–Crippen LogP) is 1.18. The van der Waals surface area contributed by atoms with Crippen molar-refractivity contribution in [2.24, 2.45) is 12.8 Å². The maximum Gasteiger partial charge on any atom is 0.332 e. The van der Waals surface area contributed by atoms with Crippen molar-refractivity contribution in [2.75, 3.05) is 18.0 Å². The van der Waals surface area contributed by atoms with Crippen molar-refractivity contribution in [3.63, 3.8) is 0 Å². The first kappa shape index (κ1) is 23.1. The zero-order valence-corrected chi connectivity index (χ0v) is 19.9. The highest BCUT2D eigenvalue weighted by Crippen LogP contribution is 2.24. The van der Waals surface area contributed by atoms with E-state index in [0.717, 1.165) is 29.1 Å². The number of anilines is 1. The summed E-state index contributed by atoms with van der Waals surface area (Å²) in [5.41, 5.74) is 4.92. The van der Waals surface area contributed by atoms with Crippen molar-refractivity contribution in [3.05, 3.63) is 44.1 Å². The van der Waals surface area contributed by atoms with Crippen LogP contribution in [-0.2, 0) is 20.1 Å². The summed E-state index contributed by atoms with van der Waals surface area (Å²) in [4.78, 5) is 33.4. The third-order valence-corrected chi connectivity index (χ3v) is 6.75. The molecular formula is C22H22F2N8O2S. The van der Waals surface area contributed by atoms with E-state index in [4.69, 9.17) is 5.73 Å². The monoisotopic (exact) mass is 500 g/mol. The minimum Gasteiger partial charge on any atom is -0.341 e. The molecule has 4 heterocycles. The molecule has 10 nitrogen and oxygen atoms in total. The van der Waals surface area contributed by atoms with Crippen LogP contribution in [-0.4, -0.2) is 46.6 Å². The normalized spacial score (nSPS) is 16.1. The molecule has 1 atom stereocenters. The SMILES string of the molecule is CC#CCn1c(N2CCC[C@@H](N)C2)nc2c1c(=O)n(Cc1cc3nsnc3c(F)c1F)c(=O)n2C. The molecule has 0 spiro atoms. The molecular weight excluding hydrogens is 478 g/mol. The molecule has 0 saturated carbocycles. The van der Waals surface area contributed by atoms with Crippen molar-refractivity contribution < 1.29 is 8.78 Å². The number of aromatic nitrogens is 6. The Balaban J connectivity index is 1.71. The Morgan fingerprint density at radius 3 is 2.77 bits per heavy atom. The summed E-state index contributed by atoms with van der Waals surface area (Å²) in [5.74, 6) is 3.93. The first-order valence-corrected chi connectivity index (χ1v) is 11.7. The van der Waals surface area contributed by atoms with Crippen LogP contribution in [0.4, 0.5) is 14.7 Å². The van der Waals surface area contributed by atoms with Gasteiger partial charge in [-0.25, -0.2) is 13.6 Å². The predicted molar refractivity (Wildman–Crippen MR) is 129 cm³/mol. The van der Waals surface area contributed by atoms with E-state index in [-0.39, 0.29) is 40.3 Å². The molecule has 0 amide bonds. The Labute approximate surface area is 201 Å². The van der Waals surface area contributed by atoms with Crippen molar-refractivity contribution in [1.29, 1.82) is 0 Å². The molecule has 182 valence electrons. The number of fused-ring (bicyclic) bond motifs is 2. The third kappa shape index (κ3) is 3.78. The van der Waals surface area contributed by atoms with Gasteiger partial charge in [0.1, 0.15) is 11.0 Å². The summed E-state index contributed by atoms with van der Waals surface area (Å²) in [7, 11) is 1.49. The van der Waals surface area contributed by atoms with Crippen LogP contribution in [0, 0.1) is 23.5 Å². The molecule has 5 rings (SSSR count). The number of hydrogen-bond acceptors (Lipinski definition) is 8. The van der Waals surface area contributed by atoms with Crippen LogP contribution in [0.5, 0.6) is 0 Å². The summed E-state index contributed by atoms with van der Waals surface area (Å²) >= 11 is 0.748. The summed E-state index contributed by atoms with van der Waals surface area (Å²) in [5, 5.41) is 0. The quantitative estimate of drug-likeness (QED) is 0.418. The van der Waals surface area contributed by atoms with Gasteiger partial charge in [0, 0.05) is 31.7 Å². The highest BCUT2D eigenvalue weighted by Gasteiger charge is 2.27. The van der Waals surface area contributed by atoms with E-state index in [1.807, 2.05) is 4.90 Å². The molecule has 1 saturated heterocycles. The number of halogens is 2. The summed E-state index contributed by atoms with van der Waals surface area (Å²) in [6.07, 6.45) is 1.75. The Morgan fingerprint density at radius 1 is 1.23 bits per heavy atom. The van der Waals surface area contributed by atoms with Gasteiger partial charge in [-0.3, -0.25) is 18.5 Å². The maximum absolute atomic E-state index is 14.8. The fourth-order valence-electron chi connectivity index (χ4n) is 4.44. The number of imidazole rings is 1. The smallest absolute Gasteiger partial charge is 0.332 e. The fraction of sp³-hybridized carbons (Fsp3) is 0.409. The van der Waals surface area contributed by atoms with Crippen LogP contribution in [0.3, 0.4) is 0 Å². The summed E-state index contributed by atoms with van der Waals surface area (Å²) < 4.78 is 40.7. The van der Waals surface area contributed by atoms with Crippen LogP contribution in [0.2, 0.25) is 0 Å². The zero-order chi connectivity index (χ0) is 24.9. The number of rotatable bonds is 4. The zero-order valence-electron chi connectivity index (χ0n) is 19.1. The van der Waals surface area contributed by atoms with Gasteiger partial charge in [0.2, 0.25) is 5.95 Å². The molecule has 1 aromatic carbocycles. The van der Waals surface area contributed by atoms with Crippen molar-refractivity contribution >= 4 is 39.9 Å². The van der Waals surface area contributed by atoms with Crippen LogP contribution in [0.25, 0.3) is 22.2 Å².